The average molecular weight is 488 g/mol. The van der Waals surface area contributed by atoms with Gasteiger partial charge in [0.15, 0.2) is 0 Å². The third kappa shape index (κ3) is 6.59. The van der Waals surface area contributed by atoms with Crippen LogP contribution in [-0.4, -0.2) is 78.0 Å². The van der Waals surface area contributed by atoms with Crippen LogP contribution in [0.3, 0.4) is 0 Å². The highest BCUT2D eigenvalue weighted by atomic mass is 16.5. The van der Waals surface area contributed by atoms with E-state index >= 15 is 0 Å². The molecule has 1 aromatic heterocycles. The minimum absolute atomic E-state index is 0.0666. The van der Waals surface area contributed by atoms with Crippen LogP contribution in [0.25, 0.3) is 0 Å². The summed E-state index contributed by atoms with van der Waals surface area (Å²) in [6, 6.07) is 18.0. The van der Waals surface area contributed by atoms with Crippen LogP contribution in [0.5, 0.6) is 5.75 Å². The number of ether oxygens (including phenoxy) is 1. The van der Waals surface area contributed by atoms with E-state index in [1.54, 1.807) is 18.2 Å². The van der Waals surface area contributed by atoms with Crippen LogP contribution in [0.2, 0.25) is 0 Å². The van der Waals surface area contributed by atoms with Crippen molar-refractivity contribution >= 4 is 17.5 Å². The van der Waals surface area contributed by atoms with Gasteiger partial charge in [-0.15, -0.1) is 0 Å². The molecule has 1 saturated heterocycles. The molecular weight excluding hydrogens is 454 g/mol. The highest BCUT2D eigenvalue weighted by Crippen LogP contribution is 2.20. The molecule has 0 bridgehead atoms. The van der Waals surface area contributed by atoms with Crippen LogP contribution in [0.15, 0.2) is 67.0 Å². The van der Waals surface area contributed by atoms with E-state index in [1.165, 1.54) is 6.20 Å². The van der Waals surface area contributed by atoms with Crippen molar-refractivity contribution in [2.75, 3.05) is 51.3 Å². The fourth-order valence-electron chi connectivity index (χ4n) is 4.28. The predicted molar refractivity (Wildman–Crippen MR) is 139 cm³/mol. The Kier molecular flexibility index (Phi) is 8.49. The van der Waals surface area contributed by atoms with Gasteiger partial charge < -0.3 is 19.4 Å². The van der Waals surface area contributed by atoms with Gasteiger partial charge in [0.25, 0.3) is 5.91 Å². The molecule has 0 saturated carbocycles. The minimum atomic E-state index is -0.199. The highest BCUT2D eigenvalue weighted by molar-refractivity contribution is 5.92. The number of anilines is 1. The first kappa shape index (κ1) is 25.2. The summed E-state index contributed by atoms with van der Waals surface area (Å²) >= 11 is 0. The van der Waals surface area contributed by atoms with Crippen LogP contribution in [-0.2, 0) is 11.2 Å². The molecule has 0 radical (unpaired) electrons. The molecule has 8 nitrogen and oxygen atoms in total. The Balaban J connectivity index is 1.33. The Bertz CT molecular complexity index is 1130. The first-order valence-electron chi connectivity index (χ1n) is 12.3. The summed E-state index contributed by atoms with van der Waals surface area (Å²) in [7, 11) is 1.66. The van der Waals surface area contributed by atoms with Gasteiger partial charge in [0.1, 0.15) is 11.4 Å². The van der Waals surface area contributed by atoms with Crippen LogP contribution in [0.1, 0.15) is 28.2 Å². The van der Waals surface area contributed by atoms with Crippen molar-refractivity contribution in [1.29, 1.82) is 0 Å². The lowest BCUT2D eigenvalue weighted by Crippen LogP contribution is -2.49. The Hall–Kier alpha value is -3.94. The molecule has 1 aliphatic rings. The molecule has 4 rings (SSSR count). The third-order valence-corrected chi connectivity index (χ3v) is 6.47. The van der Waals surface area contributed by atoms with Crippen LogP contribution < -0.4 is 9.64 Å². The number of carbonyl (C=O) groups is 2. The second-order valence-corrected chi connectivity index (χ2v) is 8.89. The van der Waals surface area contributed by atoms with Gasteiger partial charge in [-0.2, -0.15) is 0 Å². The number of carbonyl (C=O) groups excluding carboxylic acids is 2. The Morgan fingerprint density at radius 1 is 0.917 bits per heavy atom. The van der Waals surface area contributed by atoms with Gasteiger partial charge >= 0.3 is 0 Å². The van der Waals surface area contributed by atoms with Crippen molar-refractivity contribution in [3.05, 3.63) is 83.9 Å². The highest BCUT2D eigenvalue weighted by Gasteiger charge is 2.24. The Labute approximate surface area is 212 Å². The molecule has 1 aliphatic heterocycles. The smallest absolute Gasteiger partial charge is 0.274 e. The maximum absolute atomic E-state index is 13.2. The molecule has 0 atom stereocenters. The minimum Gasteiger partial charge on any atom is -0.497 e. The van der Waals surface area contributed by atoms with Crippen molar-refractivity contribution in [1.82, 2.24) is 19.8 Å². The molecular formula is C28H33N5O3. The average Bonchev–Trinajstić information content (AvgIpc) is 2.93. The van der Waals surface area contributed by atoms with E-state index in [2.05, 4.69) is 14.9 Å². The van der Waals surface area contributed by atoms with E-state index < -0.39 is 0 Å². The number of amides is 2. The number of benzene rings is 2. The predicted octanol–water partition coefficient (Wildman–Crippen LogP) is 3.22. The molecule has 0 N–H and O–H groups in total. The van der Waals surface area contributed by atoms with E-state index in [1.807, 2.05) is 66.4 Å². The first-order chi connectivity index (χ1) is 17.5. The molecule has 8 heteroatoms. The summed E-state index contributed by atoms with van der Waals surface area (Å²) in [5.74, 6) is 0.697. The van der Waals surface area contributed by atoms with E-state index in [0.29, 0.717) is 38.3 Å². The number of nitrogens with zero attached hydrogens (tertiary/aromatic N) is 5. The number of rotatable bonds is 9. The molecule has 0 unspecified atom stereocenters. The van der Waals surface area contributed by atoms with Gasteiger partial charge in [0, 0.05) is 57.6 Å². The summed E-state index contributed by atoms with van der Waals surface area (Å²) in [6.07, 6.45) is 4.09. The van der Waals surface area contributed by atoms with Crippen LogP contribution in [0, 0.1) is 6.92 Å². The van der Waals surface area contributed by atoms with Gasteiger partial charge in [-0.05, 0) is 43.2 Å². The molecule has 2 amide bonds. The number of hydrogen-bond acceptors (Lipinski definition) is 6. The topological polar surface area (TPSA) is 78.9 Å². The molecule has 1 fully saturated rings. The van der Waals surface area contributed by atoms with Crippen molar-refractivity contribution in [3.63, 3.8) is 0 Å². The summed E-state index contributed by atoms with van der Waals surface area (Å²) in [4.78, 5) is 40.6. The lowest BCUT2D eigenvalue weighted by molar-refractivity contribution is -0.131. The zero-order valence-electron chi connectivity index (χ0n) is 21.0. The Morgan fingerprint density at radius 3 is 2.28 bits per heavy atom. The van der Waals surface area contributed by atoms with Crippen LogP contribution in [0.4, 0.5) is 5.69 Å². The second kappa shape index (κ2) is 12.2. The molecule has 36 heavy (non-hydrogen) atoms. The Morgan fingerprint density at radius 2 is 1.64 bits per heavy atom. The number of methoxy groups -OCH3 is 1. The summed E-state index contributed by atoms with van der Waals surface area (Å²) in [6.45, 7) is 5.55. The SMILES string of the molecule is COc1ccc(N2CCN(C(=O)CCN(CCc3ccccc3)C(=O)c3cnc(C)cn3)CC2)cc1. The van der Waals surface area contributed by atoms with Crippen molar-refractivity contribution in [2.45, 2.75) is 19.8 Å². The van der Waals surface area contributed by atoms with Gasteiger partial charge in [-0.1, -0.05) is 30.3 Å². The standard InChI is InChI=1S/C28H33N5O3/c1-22-20-30-26(21-29-22)28(35)33(14-12-23-6-4-3-5-7-23)15-13-27(34)32-18-16-31(17-19-32)24-8-10-25(36-2)11-9-24/h3-11,20-21H,12-19H2,1-2H3. The van der Waals surface area contributed by atoms with E-state index in [4.69, 9.17) is 4.74 Å². The van der Waals surface area contributed by atoms with E-state index in [9.17, 15) is 9.59 Å². The first-order valence-corrected chi connectivity index (χ1v) is 12.3. The normalized spacial score (nSPS) is 13.4. The molecule has 0 aliphatic carbocycles. The van der Waals surface area contributed by atoms with Gasteiger partial charge in [-0.3, -0.25) is 14.6 Å². The van der Waals surface area contributed by atoms with Crippen molar-refractivity contribution in [2.24, 2.45) is 0 Å². The summed E-state index contributed by atoms with van der Waals surface area (Å²) < 4.78 is 5.24. The quantitative estimate of drug-likeness (QED) is 0.461. The van der Waals surface area contributed by atoms with Gasteiger partial charge in [-0.25, -0.2) is 4.98 Å². The van der Waals surface area contributed by atoms with Gasteiger partial charge in [0.2, 0.25) is 5.91 Å². The van der Waals surface area contributed by atoms with E-state index in [-0.39, 0.29) is 18.2 Å². The van der Waals surface area contributed by atoms with Crippen molar-refractivity contribution in [3.8, 4) is 5.75 Å². The summed E-state index contributed by atoms with van der Waals surface area (Å²) in [5.41, 5.74) is 3.33. The van der Waals surface area contributed by atoms with Crippen LogP contribution >= 0.6 is 0 Å². The zero-order chi connectivity index (χ0) is 25.3. The summed E-state index contributed by atoms with van der Waals surface area (Å²) in [5, 5.41) is 0. The zero-order valence-corrected chi connectivity index (χ0v) is 21.0. The number of hydrogen-bond donors (Lipinski definition) is 0. The largest absolute Gasteiger partial charge is 0.497 e. The maximum Gasteiger partial charge on any atom is 0.274 e. The third-order valence-electron chi connectivity index (χ3n) is 6.47. The fraction of sp³-hybridized carbons (Fsp3) is 0.357. The van der Waals surface area contributed by atoms with Crippen molar-refractivity contribution < 1.29 is 14.3 Å². The van der Waals surface area contributed by atoms with E-state index in [0.717, 1.165) is 35.8 Å². The molecule has 0 spiro atoms. The maximum atomic E-state index is 13.2. The number of aryl methyl sites for hydroxylation is 1. The lowest BCUT2D eigenvalue weighted by atomic mass is 10.1. The van der Waals surface area contributed by atoms with Gasteiger partial charge in [0.05, 0.1) is 19.0 Å². The monoisotopic (exact) mass is 487 g/mol. The lowest BCUT2D eigenvalue weighted by Gasteiger charge is -2.36. The molecule has 2 heterocycles. The number of piperazine rings is 1. The molecule has 3 aromatic rings. The molecule has 188 valence electrons. The number of aromatic nitrogens is 2. The fourth-order valence-corrected chi connectivity index (χ4v) is 4.28. The second-order valence-electron chi connectivity index (χ2n) is 8.89. The molecule has 2 aromatic carbocycles.